The Kier molecular flexibility index (Phi) is 9.43. The molecule has 19 aromatic carbocycles. The van der Waals surface area contributed by atoms with E-state index in [0.717, 1.165) is 0 Å². The fraction of sp³-hybridized carbons (Fsp3) is 0. The molecule has 0 amide bonds. The Morgan fingerprint density at radius 3 is 0.357 bits per heavy atom. The maximum absolute atomic E-state index is 2.46. The van der Waals surface area contributed by atoms with Crippen molar-refractivity contribution in [2.75, 3.05) is 0 Å². The van der Waals surface area contributed by atoms with E-state index in [1.807, 2.05) is 0 Å². The lowest BCUT2D eigenvalue weighted by Gasteiger charge is -2.13. The molecule has 18 bridgehead atoms. The van der Waals surface area contributed by atoms with E-state index < -0.39 is 0 Å². The molecule has 0 aromatic heterocycles. The Bertz CT molecular complexity index is 5340. The van der Waals surface area contributed by atoms with Gasteiger partial charge in [-0.3, -0.25) is 0 Å². The van der Waals surface area contributed by atoms with Crippen LogP contribution in [-0.4, -0.2) is 0 Å². The van der Waals surface area contributed by atoms with Crippen LogP contribution in [0.4, 0.5) is 0 Å². The average Bonchev–Trinajstić information content (AvgIpc) is 3.09. The van der Waals surface area contributed by atoms with E-state index in [2.05, 4.69) is 291 Å². The molecule has 0 N–H and O–H groups in total. The van der Waals surface area contributed by atoms with Crippen molar-refractivity contribution in [3.8, 4) is 0 Å². The number of fused-ring (bicyclic) bond motifs is 36. The standard InChI is InChI=1S/C84H48/c1-7-19-73-67(13-1)61-31-25-49-37-55(61)43-79(73)80-44-56-39-51(27-33-62(56)68-14-2-8-20-74(68)80)52-28-34-64-58(40-52)46-83(77-23-11-5-16-70(64)77)84-48-60-42-54(30-36-66(60)72-18-6-12-24-78(72)84)53-29-35-65-59(41-53)47-82(76-22-10-4-17-71(65)76)81-45-57-38-50(49)26-32-63(57)69-15-3-9-21-75(69)81/h1-48H. The summed E-state index contributed by atoms with van der Waals surface area (Å²) < 4.78 is 0. The summed E-state index contributed by atoms with van der Waals surface area (Å²) in [6.07, 6.45) is 0. The van der Waals surface area contributed by atoms with Crippen LogP contribution in [0.2, 0.25) is 0 Å². The van der Waals surface area contributed by atoms with Crippen molar-refractivity contribution >= 4 is 194 Å². The summed E-state index contributed by atoms with van der Waals surface area (Å²) in [5.74, 6) is 0. The molecule has 0 heterocycles. The normalized spacial score (nSPS) is 12.3. The predicted octanol–water partition coefficient (Wildman–Crippen LogP) is 24.1. The minimum Gasteiger partial charge on any atom is -0.0616 e. The summed E-state index contributed by atoms with van der Waals surface area (Å²) in [6.45, 7) is 0. The zero-order valence-electron chi connectivity index (χ0n) is 45.7. The van der Waals surface area contributed by atoms with Crippen LogP contribution >= 0.6 is 0 Å². The van der Waals surface area contributed by atoms with Gasteiger partial charge < -0.3 is 0 Å². The Morgan fingerprint density at radius 1 is 0.0833 bits per heavy atom. The molecule has 0 saturated heterocycles. The first kappa shape index (κ1) is 45.8. The van der Waals surface area contributed by atoms with Crippen molar-refractivity contribution in [2.45, 2.75) is 0 Å². The Balaban J connectivity index is 0.999. The minimum absolute atomic E-state index is 1.20. The van der Waals surface area contributed by atoms with Gasteiger partial charge in [0, 0.05) is 0 Å². The first-order valence-electron chi connectivity index (χ1n) is 29.4. The van der Waals surface area contributed by atoms with E-state index in [0.29, 0.717) is 0 Å². The van der Waals surface area contributed by atoms with Crippen molar-refractivity contribution in [2.24, 2.45) is 0 Å². The molecule has 84 heavy (non-hydrogen) atoms. The molecule has 384 valence electrons. The first-order valence-corrected chi connectivity index (χ1v) is 29.4. The molecule has 19 aromatic rings. The van der Waals surface area contributed by atoms with E-state index in [-0.39, 0.29) is 0 Å². The van der Waals surface area contributed by atoms with E-state index in [1.54, 1.807) is 0 Å². The predicted molar refractivity (Wildman–Crippen MR) is 368 cm³/mol. The van der Waals surface area contributed by atoms with Gasteiger partial charge in [0.25, 0.3) is 0 Å². The van der Waals surface area contributed by atoms with E-state index in [1.165, 1.54) is 194 Å². The van der Waals surface area contributed by atoms with Gasteiger partial charge in [0.1, 0.15) is 0 Å². The molecule has 0 aliphatic carbocycles. The number of hydrogen-bond acceptors (Lipinski definition) is 0. The molecule has 0 saturated carbocycles. The van der Waals surface area contributed by atoms with Crippen molar-refractivity contribution in [1.82, 2.24) is 0 Å². The van der Waals surface area contributed by atoms with Crippen LogP contribution in [0.15, 0.2) is 291 Å². The van der Waals surface area contributed by atoms with Crippen LogP contribution in [-0.2, 0) is 0 Å². The summed E-state index contributed by atoms with van der Waals surface area (Å²) in [5, 5.41) is 44.6. The SMILES string of the molecule is c1ccc2c(c1)c1ccc3cc1cc2c1cc2cc(ccc2c2ccccc21)c1ccc2c(c1)cc(c1ccccc21)c1cc2cc(ccc2c2ccccc21)c1ccc2c(c1)cc(c1ccccc21)c1cc2cc3ccc2c2ccccc21. The summed E-state index contributed by atoms with van der Waals surface area (Å²) in [7, 11) is 0. The van der Waals surface area contributed by atoms with Crippen LogP contribution in [0, 0.1) is 0 Å². The average molecular weight is 1060 g/mol. The maximum Gasteiger partial charge on any atom is -0.00926 e. The monoisotopic (exact) mass is 1060 g/mol. The third-order valence-corrected chi connectivity index (χ3v) is 19.0. The summed E-state index contributed by atoms with van der Waals surface area (Å²) in [4.78, 5) is 0. The van der Waals surface area contributed by atoms with Gasteiger partial charge in [0.2, 0.25) is 0 Å². The summed E-state index contributed by atoms with van der Waals surface area (Å²) >= 11 is 0. The topological polar surface area (TPSA) is 0 Å². The molecule has 0 atom stereocenters. The van der Waals surface area contributed by atoms with Crippen LogP contribution in [0.1, 0.15) is 0 Å². The Hall–Kier alpha value is -10.9. The van der Waals surface area contributed by atoms with Crippen LogP contribution in [0.25, 0.3) is 194 Å². The van der Waals surface area contributed by atoms with Gasteiger partial charge >= 0.3 is 0 Å². The number of hydrogen-bond donors (Lipinski definition) is 0. The van der Waals surface area contributed by atoms with Gasteiger partial charge in [-0.05, 0) is 267 Å². The maximum atomic E-state index is 2.46. The lowest BCUT2D eigenvalue weighted by molar-refractivity contribution is 1.79. The van der Waals surface area contributed by atoms with Gasteiger partial charge in [-0.2, -0.15) is 0 Å². The molecule has 0 nitrogen and oxygen atoms in total. The summed E-state index contributed by atoms with van der Waals surface area (Å²) in [6, 6.07) is 111. The fourth-order valence-corrected chi connectivity index (χ4v) is 15.1. The van der Waals surface area contributed by atoms with E-state index in [4.69, 9.17) is 0 Å². The van der Waals surface area contributed by atoms with Crippen LogP contribution in [0.3, 0.4) is 0 Å². The van der Waals surface area contributed by atoms with E-state index >= 15 is 0 Å². The van der Waals surface area contributed by atoms with Crippen molar-refractivity contribution < 1.29 is 0 Å². The first-order chi connectivity index (χ1) is 41.6. The molecular weight excluding hydrogens is 1010 g/mol. The highest BCUT2D eigenvalue weighted by Crippen LogP contribution is 2.43. The molecule has 0 unspecified atom stereocenters. The van der Waals surface area contributed by atoms with Gasteiger partial charge in [-0.25, -0.2) is 0 Å². The smallest absolute Gasteiger partial charge is 0.00926 e. The molecule has 0 fully saturated rings. The molecule has 0 aliphatic rings. The highest BCUT2D eigenvalue weighted by molar-refractivity contribution is 6.31. The van der Waals surface area contributed by atoms with Gasteiger partial charge in [-0.15, -0.1) is 0 Å². The second kappa shape index (κ2) is 17.3. The second-order valence-electron chi connectivity index (χ2n) is 23.4. The zero-order valence-corrected chi connectivity index (χ0v) is 45.7. The molecule has 0 radical (unpaired) electrons. The van der Waals surface area contributed by atoms with Crippen molar-refractivity contribution in [3.63, 3.8) is 0 Å². The third-order valence-electron chi connectivity index (χ3n) is 19.0. The molecular formula is C84H48. The van der Waals surface area contributed by atoms with E-state index in [9.17, 15) is 0 Å². The lowest BCUT2D eigenvalue weighted by Crippen LogP contribution is -1.85. The largest absolute Gasteiger partial charge is 0.0616 e. The number of rotatable bonds is 0. The quantitative estimate of drug-likeness (QED) is 0.133. The number of benzene rings is 18. The van der Waals surface area contributed by atoms with Gasteiger partial charge in [0.05, 0.1) is 0 Å². The van der Waals surface area contributed by atoms with Gasteiger partial charge in [0.15, 0.2) is 0 Å². The highest BCUT2D eigenvalue weighted by atomic mass is 14.2. The fourth-order valence-electron chi connectivity index (χ4n) is 15.1. The van der Waals surface area contributed by atoms with Gasteiger partial charge in [-0.1, -0.05) is 218 Å². The van der Waals surface area contributed by atoms with Crippen molar-refractivity contribution in [1.29, 1.82) is 0 Å². The van der Waals surface area contributed by atoms with Crippen LogP contribution in [0.5, 0.6) is 0 Å². The molecule has 0 aliphatic heterocycles. The summed E-state index contributed by atoms with van der Waals surface area (Å²) in [5.41, 5.74) is 0. The molecule has 0 spiro atoms. The third kappa shape index (κ3) is 6.65. The van der Waals surface area contributed by atoms with Crippen molar-refractivity contribution in [3.05, 3.63) is 291 Å². The Labute approximate surface area is 482 Å². The molecule has 0 heteroatoms. The highest BCUT2D eigenvalue weighted by Gasteiger charge is 2.15. The lowest BCUT2D eigenvalue weighted by atomic mass is 9.91. The zero-order chi connectivity index (χ0) is 54.7. The minimum atomic E-state index is 1.20. The second-order valence-corrected chi connectivity index (χ2v) is 23.4. The molecule has 19 rings (SSSR count). The Morgan fingerprint density at radius 2 is 0.214 bits per heavy atom. The van der Waals surface area contributed by atoms with Crippen LogP contribution < -0.4 is 0 Å².